The van der Waals surface area contributed by atoms with Gasteiger partial charge in [-0.15, -0.1) is 0 Å². The zero-order valence-corrected chi connectivity index (χ0v) is 8.34. The van der Waals surface area contributed by atoms with Crippen LogP contribution in [0.1, 0.15) is 19.3 Å². The monoisotopic (exact) mass is 232 g/mol. The van der Waals surface area contributed by atoms with Gasteiger partial charge in [-0.2, -0.15) is 4.68 Å². The number of aromatic nitrogens is 3. The third-order valence-electron chi connectivity index (χ3n) is 2.64. The topological polar surface area (TPSA) is 73.8 Å². The van der Waals surface area contributed by atoms with Gasteiger partial charge in [0.1, 0.15) is 0 Å². The third kappa shape index (κ3) is 2.31. The Labute approximate surface area is 89.4 Å². The smallest absolute Gasteiger partial charge is 0.390 e. The van der Waals surface area contributed by atoms with Gasteiger partial charge in [0.2, 0.25) is 12.2 Å². The van der Waals surface area contributed by atoms with Crippen molar-refractivity contribution in [2.24, 2.45) is 5.92 Å². The second-order valence-electron chi connectivity index (χ2n) is 3.99. The number of nitro groups is 1. The van der Waals surface area contributed by atoms with Crippen LogP contribution in [-0.2, 0) is 6.54 Å². The summed E-state index contributed by atoms with van der Waals surface area (Å²) in [5, 5.41) is 13.9. The number of hydrogen-bond acceptors (Lipinski definition) is 4. The van der Waals surface area contributed by atoms with E-state index in [1.54, 1.807) is 0 Å². The molecule has 8 heteroatoms. The fraction of sp³-hybridized carbons (Fsp3) is 0.750. The molecule has 16 heavy (non-hydrogen) atoms. The van der Waals surface area contributed by atoms with Gasteiger partial charge < -0.3 is 10.1 Å². The minimum Gasteiger partial charge on any atom is -0.390 e. The highest BCUT2D eigenvalue weighted by Gasteiger charge is 2.39. The van der Waals surface area contributed by atoms with Crippen LogP contribution in [-0.4, -0.2) is 25.6 Å². The van der Waals surface area contributed by atoms with Crippen LogP contribution in [0.3, 0.4) is 0 Å². The maximum absolute atomic E-state index is 12.9. The predicted octanol–water partition coefficient (Wildman–Crippen LogP) is 1.62. The molecule has 1 aliphatic rings. The minimum atomic E-state index is -2.60. The van der Waals surface area contributed by atoms with Crippen molar-refractivity contribution >= 4 is 5.95 Å². The van der Waals surface area contributed by atoms with Crippen LogP contribution in [0.15, 0.2) is 6.33 Å². The van der Waals surface area contributed by atoms with Crippen LogP contribution in [0, 0.1) is 16.0 Å². The molecule has 1 aromatic heterocycles. The highest BCUT2D eigenvalue weighted by molar-refractivity contribution is 4.97. The first-order valence-corrected chi connectivity index (χ1v) is 4.88. The molecule has 0 aliphatic heterocycles. The number of halogens is 2. The van der Waals surface area contributed by atoms with Crippen LogP contribution in [0.25, 0.3) is 0 Å². The molecule has 88 valence electrons. The molecule has 6 nitrogen and oxygen atoms in total. The van der Waals surface area contributed by atoms with E-state index in [1.807, 2.05) is 0 Å². The Morgan fingerprint density at radius 1 is 1.69 bits per heavy atom. The Kier molecular flexibility index (Phi) is 2.56. The Hall–Kier alpha value is -1.60. The summed E-state index contributed by atoms with van der Waals surface area (Å²) >= 11 is 0. The summed E-state index contributed by atoms with van der Waals surface area (Å²) in [6, 6.07) is 0. The molecule has 0 bridgehead atoms. The van der Waals surface area contributed by atoms with E-state index in [-0.39, 0.29) is 25.3 Å². The molecule has 1 saturated carbocycles. The summed E-state index contributed by atoms with van der Waals surface area (Å²) in [5.41, 5.74) is 0. The van der Waals surface area contributed by atoms with E-state index in [1.165, 1.54) is 11.0 Å². The van der Waals surface area contributed by atoms with E-state index >= 15 is 0 Å². The molecule has 0 spiro atoms. The molecule has 1 aromatic rings. The van der Waals surface area contributed by atoms with Gasteiger partial charge in [-0.1, -0.05) is 4.98 Å². The Morgan fingerprint density at radius 3 is 2.94 bits per heavy atom. The van der Waals surface area contributed by atoms with Gasteiger partial charge in [0, 0.05) is 17.9 Å². The lowest BCUT2D eigenvalue weighted by Crippen LogP contribution is -2.13. The average Bonchev–Trinajstić information content (AvgIpc) is 2.73. The summed E-state index contributed by atoms with van der Waals surface area (Å²) in [4.78, 5) is 13.1. The van der Waals surface area contributed by atoms with Crippen molar-refractivity contribution in [2.75, 3.05) is 0 Å². The number of rotatable bonds is 3. The maximum atomic E-state index is 12.9. The van der Waals surface area contributed by atoms with Crippen molar-refractivity contribution in [1.29, 1.82) is 0 Å². The van der Waals surface area contributed by atoms with Crippen molar-refractivity contribution in [3.05, 3.63) is 16.4 Å². The van der Waals surface area contributed by atoms with E-state index in [2.05, 4.69) is 10.1 Å². The summed E-state index contributed by atoms with van der Waals surface area (Å²) in [7, 11) is 0. The Morgan fingerprint density at radius 2 is 2.44 bits per heavy atom. The molecule has 1 atom stereocenters. The van der Waals surface area contributed by atoms with Crippen LogP contribution in [0.5, 0.6) is 0 Å². The quantitative estimate of drug-likeness (QED) is 0.586. The van der Waals surface area contributed by atoms with Gasteiger partial charge in [0.05, 0.1) is 6.54 Å². The molecule has 0 aromatic carbocycles. The second kappa shape index (κ2) is 3.76. The Balaban J connectivity index is 1.97. The van der Waals surface area contributed by atoms with Crippen LogP contribution >= 0.6 is 0 Å². The van der Waals surface area contributed by atoms with Crippen molar-refractivity contribution in [2.45, 2.75) is 31.7 Å². The van der Waals surface area contributed by atoms with Crippen molar-refractivity contribution in [3.63, 3.8) is 0 Å². The molecular formula is C8H10F2N4O2. The first-order valence-electron chi connectivity index (χ1n) is 4.88. The number of nitrogens with zero attached hydrogens (tertiary/aromatic N) is 4. The Bertz CT molecular complexity index is 406. The molecule has 0 amide bonds. The van der Waals surface area contributed by atoms with Gasteiger partial charge in [0.25, 0.3) is 0 Å². The van der Waals surface area contributed by atoms with Gasteiger partial charge in [-0.05, 0) is 17.3 Å². The molecule has 1 aliphatic carbocycles. The normalized spacial score (nSPS) is 23.5. The molecule has 1 unspecified atom stereocenters. The fourth-order valence-corrected chi connectivity index (χ4v) is 1.92. The molecule has 0 N–H and O–H groups in total. The van der Waals surface area contributed by atoms with Crippen molar-refractivity contribution in [3.8, 4) is 0 Å². The lowest BCUT2D eigenvalue weighted by Gasteiger charge is -2.08. The first kappa shape index (κ1) is 10.9. The highest BCUT2D eigenvalue weighted by Crippen LogP contribution is 2.39. The fourth-order valence-electron chi connectivity index (χ4n) is 1.92. The van der Waals surface area contributed by atoms with Crippen LogP contribution in [0.2, 0.25) is 0 Å². The molecule has 1 heterocycles. The zero-order valence-electron chi connectivity index (χ0n) is 8.34. The van der Waals surface area contributed by atoms with E-state index < -0.39 is 16.8 Å². The lowest BCUT2D eigenvalue weighted by molar-refractivity contribution is -0.394. The summed E-state index contributed by atoms with van der Waals surface area (Å²) < 4.78 is 27.0. The highest BCUT2D eigenvalue weighted by atomic mass is 19.3. The third-order valence-corrected chi connectivity index (χ3v) is 2.64. The molecule has 2 rings (SSSR count). The lowest BCUT2D eigenvalue weighted by atomic mass is 10.1. The van der Waals surface area contributed by atoms with Gasteiger partial charge >= 0.3 is 5.95 Å². The van der Waals surface area contributed by atoms with E-state index in [9.17, 15) is 18.9 Å². The van der Waals surface area contributed by atoms with E-state index in [0.29, 0.717) is 6.42 Å². The van der Waals surface area contributed by atoms with Crippen molar-refractivity contribution in [1.82, 2.24) is 14.8 Å². The van der Waals surface area contributed by atoms with Gasteiger partial charge in [-0.3, -0.25) is 0 Å². The van der Waals surface area contributed by atoms with Gasteiger partial charge in [0.15, 0.2) is 0 Å². The van der Waals surface area contributed by atoms with Gasteiger partial charge in [-0.25, -0.2) is 8.78 Å². The van der Waals surface area contributed by atoms with Crippen LogP contribution in [0.4, 0.5) is 14.7 Å². The molecule has 0 radical (unpaired) electrons. The predicted molar refractivity (Wildman–Crippen MR) is 49.0 cm³/mol. The van der Waals surface area contributed by atoms with Crippen molar-refractivity contribution < 1.29 is 13.7 Å². The van der Waals surface area contributed by atoms with E-state index in [4.69, 9.17) is 0 Å². The number of hydrogen-bond donors (Lipinski definition) is 0. The summed E-state index contributed by atoms with van der Waals surface area (Å²) in [6.07, 6.45) is 1.32. The molecular weight excluding hydrogens is 222 g/mol. The molecule has 1 fully saturated rings. The minimum absolute atomic E-state index is 0.117. The largest absolute Gasteiger partial charge is 0.490 e. The maximum Gasteiger partial charge on any atom is 0.490 e. The summed E-state index contributed by atoms with van der Waals surface area (Å²) in [5.74, 6) is -3.28. The summed E-state index contributed by atoms with van der Waals surface area (Å²) in [6.45, 7) is 0.260. The molecule has 0 saturated heterocycles. The average molecular weight is 232 g/mol. The second-order valence-corrected chi connectivity index (χ2v) is 3.99. The SMILES string of the molecule is O=[N+]([O-])c1ncn(CC2CCC(F)(F)C2)n1. The number of alkyl halides is 2. The van der Waals surface area contributed by atoms with E-state index in [0.717, 1.165) is 0 Å². The zero-order chi connectivity index (χ0) is 11.8. The van der Waals surface area contributed by atoms with Crippen LogP contribution < -0.4 is 0 Å². The first-order chi connectivity index (χ1) is 7.46. The standard InChI is InChI=1S/C8H10F2N4O2/c9-8(10)2-1-6(3-8)4-13-5-11-7(12-13)14(15)16/h5-6H,1-4H2.